The lowest BCUT2D eigenvalue weighted by Crippen LogP contribution is -2.40. The minimum absolute atomic E-state index is 0.0645. The summed E-state index contributed by atoms with van der Waals surface area (Å²) in [6.45, 7) is 3.73. The summed E-state index contributed by atoms with van der Waals surface area (Å²) in [6.07, 6.45) is 4.29. The Hall–Kier alpha value is -2.23. The van der Waals surface area contributed by atoms with Crippen molar-refractivity contribution < 1.29 is 9.90 Å². The molecule has 1 unspecified atom stereocenters. The summed E-state index contributed by atoms with van der Waals surface area (Å²) >= 11 is 8.28. The van der Waals surface area contributed by atoms with Crippen LogP contribution in [0.25, 0.3) is 21.3 Å². The minimum atomic E-state index is -0.890. The molecule has 2 saturated heterocycles. The average Bonchev–Trinajstić information content (AvgIpc) is 3.55. The van der Waals surface area contributed by atoms with Crippen molar-refractivity contribution in [2.75, 3.05) is 38.1 Å². The first-order valence-electron chi connectivity index (χ1n) is 11.8. The molecule has 3 aromatic rings. The lowest BCUT2D eigenvalue weighted by Gasteiger charge is -2.38. The molecule has 3 aliphatic rings. The second-order valence-electron chi connectivity index (χ2n) is 9.47. The van der Waals surface area contributed by atoms with Gasteiger partial charge in [0.25, 0.3) is 0 Å². The number of aromatic nitrogens is 1. The molecular weight excluding hydrogens is 470 g/mol. The highest BCUT2D eigenvalue weighted by Gasteiger charge is 2.34. The molecule has 34 heavy (non-hydrogen) atoms. The highest BCUT2D eigenvalue weighted by atomic mass is 35.5. The quantitative estimate of drug-likeness (QED) is 0.576. The van der Waals surface area contributed by atoms with Crippen LogP contribution in [0.1, 0.15) is 23.3 Å². The molecule has 0 bridgehead atoms. The van der Waals surface area contributed by atoms with Gasteiger partial charge < -0.3 is 15.3 Å². The summed E-state index contributed by atoms with van der Waals surface area (Å²) < 4.78 is 1.09. The third-order valence-electron chi connectivity index (χ3n) is 7.22. The Morgan fingerprint density at radius 3 is 2.94 bits per heavy atom. The SMILES string of the molecule is CN1CC(=O)N(Cc2cc3nccc(-c4cc(Cl)cc5c4N([C@H]4CCNC4)CCC5)c3s2)C1O. The number of aryl methyl sites for hydroxylation is 1. The summed E-state index contributed by atoms with van der Waals surface area (Å²) in [7, 11) is 1.75. The number of halogens is 1. The van der Waals surface area contributed by atoms with Crippen molar-refractivity contribution >= 4 is 44.7 Å². The topological polar surface area (TPSA) is 71.9 Å². The van der Waals surface area contributed by atoms with Crippen molar-refractivity contribution in [2.24, 2.45) is 0 Å². The number of amides is 1. The van der Waals surface area contributed by atoms with Crippen molar-refractivity contribution in [3.8, 4) is 11.1 Å². The molecule has 1 amide bonds. The number of carbonyl (C=O) groups is 1. The third kappa shape index (κ3) is 3.78. The fourth-order valence-electron chi connectivity index (χ4n) is 5.58. The van der Waals surface area contributed by atoms with Crippen LogP contribution in [0.3, 0.4) is 0 Å². The number of nitrogens with zero attached hydrogens (tertiary/aromatic N) is 4. The summed E-state index contributed by atoms with van der Waals surface area (Å²) in [5.41, 5.74) is 5.82. The van der Waals surface area contributed by atoms with E-state index >= 15 is 0 Å². The second-order valence-corrected chi connectivity index (χ2v) is 11.0. The molecule has 1 aromatic carbocycles. The smallest absolute Gasteiger partial charge is 0.240 e. The second kappa shape index (κ2) is 8.77. The van der Waals surface area contributed by atoms with Crippen LogP contribution >= 0.6 is 22.9 Å². The van der Waals surface area contributed by atoms with Gasteiger partial charge in [0.15, 0.2) is 6.35 Å². The van der Waals surface area contributed by atoms with Crippen molar-refractivity contribution in [3.05, 3.63) is 45.9 Å². The van der Waals surface area contributed by atoms with E-state index in [1.807, 2.05) is 12.3 Å². The first-order chi connectivity index (χ1) is 16.5. The third-order valence-corrected chi connectivity index (χ3v) is 8.58. The van der Waals surface area contributed by atoms with Crippen LogP contribution in [0.2, 0.25) is 5.02 Å². The first-order valence-corrected chi connectivity index (χ1v) is 13.0. The summed E-state index contributed by atoms with van der Waals surface area (Å²) in [6, 6.07) is 8.84. The Labute approximate surface area is 207 Å². The lowest BCUT2D eigenvalue weighted by atomic mass is 9.92. The van der Waals surface area contributed by atoms with Crippen LogP contribution in [0, 0.1) is 0 Å². The fraction of sp³-hybridized carbons (Fsp3) is 0.440. The fourth-order valence-corrected chi connectivity index (χ4v) is 6.96. The molecule has 5 heterocycles. The van der Waals surface area contributed by atoms with E-state index in [-0.39, 0.29) is 12.5 Å². The summed E-state index contributed by atoms with van der Waals surface area (Å²) in [4.78, 5) is 23.7. The number of nitrogens with one attached hydrogen (secondary N) is 1. The highest BCUT2D eigenvalue weighted by molar-refractivity contribution is 7.19. The maximum atomic E-state index is 12.4. The van der Waals surface area contributed by atoms with E-state index in [2.05, 4.69) is 33.4 Å². The van der Waals surface area contributed by atoms with E-state index in [0.717, 1.165) is 70.1 Å². The van der Waals surface area contributed by atoms with Crippen LogP contribution in [0.15, 0.2) is 30.5 Å². The number of hydrogen-bond acceptors (Lipinski definition) is 7. The van der Waals surface area contributed by atoms with Gasteiger partial charge in [0, 0.05) is 52.0 Å². The van der Waals surface area contributed by atoms with Crippen molar-refractivity contribution in [2.45, 2.75) is 38.2 Å². The van der Waals surface area contributed by atoms with E-state index in [1.54, 1.807) is 23.3 Å². The largest absolute Gasteiger partial charge is 0.366 e. The zero-order chi connectivity index (χ0) is 23.4. The molecule has 7 nitrogen and oxygen atoms in total. The molecule has 3 aliphatic heterocycles. The zero-order valence-electron chi connectivity index (χ0n) is 19.1. The Bertz CT molecular complexity index is 1260. The molecule has 0 spiro atoms. The van der Waals surface area contributed by atoms with E-state index in [0.29, 0.717) is 12.6 Å². The van der Waals surface area contributed by atoms with Gasteiger partial charge >= 0.3 is 0 Å². The number of pyridine rings is 1. The molecule has 2 aromatic heterocycles. The molecule has 0 saturated carbocycles. The Balaban J connectivity index is 1.44. The van der Waals surface area contributed by atoms with Gasteiger partial charge in [0.1, 0.15) is 0 Å². The number of hydrogen-bond donors (Lipinski definition) is 2. The maximum Gasteiger partial charge on any atom is 0.240 e. The highest BCUT2D eigenvalue weighted by Crippen LogP contribution is 2.44. The molecule has 0 aliphatic carbocycles. The lowest BCUT2D eigenvalue weighted by molar-refractivity contribution is -0.135. The summed E-state index contributed by atoms with van der Waals surface area (Å²) in [5, 5.41) is 14.7. The Morgan fingerprint density at radius 1 is 1.29 bits per heavy atom. The average molecular weight is 498 g/mol. The van der Waals surface area contributed by atoms with E-state index in [4.69, 9.17) is 11.6 Å². The predicted octanol–water partition coefficient (Wildman–Crippen LogP) is 3.28. The van der Waals surface area contributed by atoms with E-state index in [9.17, 15) is 9.90 Å². The molecule has 178 valence electrons. The number of benzene rings is 1. The number of aliphatic hydroxyl groups is 1. The van der Waals surface area contributed by atoms with Crippen molar-refractivity contribution in [3.63, 3.8) is 0 Å². The van der Waals surface area contributed by atoms with Gasteiger partial charge in [-0.15, -0.1) is 11.3 Å². The number of thiophene rings is 1. The van der Waals surface area contributed by atoms with Gasteiger partial charge in [-0.3, -0.25) is 19.6 Å². The van der Waals surface area contributed by atoms with Gasteiger partial charge in [0.2, 0.25) is 5.91 Å². The van der Waals surface area contributed by atoms with Gasteiger partial charge in [-0.1, -0.05) is 11.6 Å². The van der Waals surface area contributed by atoms with Crippen LogP contribution in [-0.2, 0) is 17.8 Å². The normalized spacial score (nSPS) is 23.3. The van der Waals surface area contributed by atoms with Gasteiger partial charge in [-0.2, -0.15) is 0 Å². The zero-order valence-corrected chi connectivity index (χ0v) is 20.7. The number of likely N-dealkylation sites (N-methyl/N-ethyl adjacent to an activating group) is 1. The van der Waals surface area contributed by atoms with Crippen LogP contribution in [0.4, 0.5) is 5.69 Å². The van der Waals surface area contributed by atoms with Crippen LogP contribution in [0.5, 0.6) is 0 Å². The number of rotatable bonds is 4. The van der Waals surface area contributed by atoms with Crippen molar-refractivity contribution in [1.29, 1.82) is 0 Å². The number of carbonyl (C=O) groups excluding carboxylic acids is 1. The number of fused-ring (bicyclic) bond motifs is 2. The molecule has 2 atom stereocenters. The number of aliphatic hydroxyl groups excluding tert-OH is 1. The van der Waals surface area contributed by atoms with E-state index in [1.165, 1.54) is 16.2 Å². The predicted molar refractivity (Wildman–Crippen MR) is 136 cm³/mol. The molecule has 2 N–H and O–H groups in total. The molecule has 9 heteroatoms. The minimum Gasteiger partial charge on any atom is -0.366 e. The monoisotopic (exact) mass is 497 g/mol. The van der Waals surface area contributed by atoms with E-state index < -0.39 is 6.35 Å². The summed E-state index contributed by atoms with van der Waals surface area (Å²) in [5.74, 6) is -0.0645. The molecule has 2 fully saturated rings. The van der Waals surface area contributed by atoms with Crippen LogP contribution in [-0.4, -0.2) is 71.4 Å². The standard InChI is InChI=1S/C25H28ClN5O2S/c1-29-14-22(32)31(25(29)33)13-18-11-21-24(34-18)19(5-7-28-21)20-10-16(26)9-15-3-2-8-30(23(15)20)17-4-6-27-12-17/h5,7,9-11,17,25,27,33H,2-4,6,8,12-14H2,1H3/t17-,25?/m0/s1. The molecular formula is C25H28ClN5O2S. The number of anilines is 1. The van der Waals surface area contributed by atoms with Crippen molar-refractivity contribution in [1.82, 2.24) is 20.1 Å². The van der Waals surface area contributed by atoms with Crippen LogP contribution < -0.4 is 10.2 Å². The Kier molecular flexibility index (Phi) is 5.74. The molecule has 0 radical (unpaired) electrons. The first kappa shape index (κ1) is 22.2. The Morgan fingerprint density at radius 2 is 2.18 bits per heavy atom. The molecule has 6 rings (SSSR count). The van der Waals surface area contributed by atoms with Gasteiger partial charge in [0.05, 0.1) is 23.3 Å². The van der Waals surface area contributed by atoms with Gasteiger partial charge in [-0.25, -0.2) is 0 Å². The maximum absolute atomic E-state index is 12.4. The van der Waals surface area contributed by atoms with Gasteiger partial charge in [-0.05, 0) is 62.7 Å².